The van der Waals surface area contributed by atoms with Gasteiger partial charge < -0.3 is 20.2 Å². The molecule has 1 unspecified atom stereocenters. The van der Waals surface area contributed by atoms with Crippen LogP contribution in [-0.2, 0) is 11.3 Å². The van der Waals surface area contributed by atoms with Gasteiger partial charge in [0, 0.05) is 80.2 Å². The topological polar surface area (TPSA) is 101 Å². The highest BCUT2D eigenvalue weighted by Gasteiger charge is 2.39. The number of aromatic hydroxyl groups is 1. The molecule has 11 heteroatoms. The number of phenols is 1. The second kappa shape index (κ2) is 10.9. The number of halogens is 1. The van der Waals surface area contributed by atoms with Crippen LogP contribution in [0.5, 0.6) is 5.75 Å². The van der Waals surface area contributed by atoms with Crippen LogP contribution in [0.3, 0.4) is 0 Å². The van der Waals surface area contributed by atoms with E-state index in [1.54, 1.807) is 11.6 Å². The van der Waals surface area contributed by atoms with Crippen molar-refractivity contribution in [1.29, 1.82) is 0 Å². The number of nitrogens with zero attached hydrogens (tertiary/aromatic N) is 4. The minimum absolute atomic E-state index is 0.0282. The van der Waals surface area contributed by atoms with E-state index < -0.39 is 17.8 Å². The Labute approximate surface area is 230 Å². The standard InChI is InChI=1S/C28H31FN6O3S/c29-19-2-4-24(36)23(15-19)25(26(37)32-28-31-9-14-39-28)35-17-18-1-3-21(16-22(18)27(35)38)33-10-5-20(6-11-33)34-12-7-30-8-13-34/h1-4,9,14-16,20,25,30,36H,5-8,10-13,17H2,(H,31,32,37). The van der Waals surface area contributed by atoms with Crippen LogP contribution in [0, 0.1) is 5.82 Å². The fraction of sp³-hybridized carbons (Fsp3) is 0.393. The third-order valence-electron chi connectivity index (χ3n) is 7.93. The molecule has 1 atom stereocenters. The zero-order valence-corrected chi connectivity index (χ0v) is 22.3. The summed E-state index contributed by atoms with van der Waals surface area (Å²) in [6.07, 6.45) is 3.71. The molecular formula is C28H31FN6O3S. The average Bonchev–Trinajstić information content (AvgIpc) is 3.59. The van der Waals surface area contributed by atoms with Crippen molar-refractivity contribution in [1.82, 2.24) is 20.1 Å². The van der Waals surface area contributed by atoms with Crippen LogP contribution in [0.15, 0.2) is 48.0 Å². The van der Waals surface area contributed by atoms with Gasteiger partial charge in [0.1, 0.15) is 17.6 Å². The monoisotopic (exact) mass is 550 g/mol. The van der Waals surface area contributed by atoms with E-state index in [0.717, 1.165) is 75.5 Å². The molecule has 9 nitrogen and oxygen atoms in total. The Kier molecular flexibility index (Phi) is 7.20. The molecule has 2 aromatic carbocycles. The van der Waals surface area contributed by atoms with Gasteiger partial charge in [-0.2, -0.15) is 0 Å². The lowest BCUT2D eigenvalue weighted by atomic mass is 10.0. The first-order chi connectivity index (χ1) is 19.0. The zero-order chi connectivity index (χ0) is 26.9. The second-order valence-corrected chi connectivity index (χ2v) is 11.1. The number of carbonyl (C=O) groups is 2. The first-order valence-electron chi connectivity index (χ1n) is 13.3. The number of anilines is 2. The lowest BCUT2D eigenvalue weighted by Gasteiger charge is -2.41. The first kappa shape index (κ1) is 25.7. The molecule has 2 saturated heterocycles. The molecule has 4 heterocycles. The second-order valence-electron chi connectivity index (χ2n) is 10.2. The van der Waals surface area contributed by atoms with Crippen molar-refractivity contribution in [2.75, 3.05) is 49.5 Å². The van der Waals surface area contributed by atoms with Crippen molar-refractivity contribution in [3.8, 4) is 5.75 Å². The number of fused-ring (bicyclic) bond motifs is 1. The van der Waals surface area contributed by atoms with Crippen LogP contribution in [0.1, 0.15) is 40.4 Å². The molecule has 2 fully saturated rings. The van der Waals surface area contributed by atoms with E-state index in [-0.39, 0.29) is 23.8 Å². The van der Waals surface area contributed by atoms with Crippen molar-refractivity contribution < 1.29 is 19.1 Å². The first-order valence-corrected chi connectivity index (χ1v) is 14.2. The van der Waals surface area contributed by atoms with Gasteiger partial charge >= 0.3 is 0 Å². The van der Waals surface area contributed by atoms with E-state index in [4.69, 9.17) is 0 Å². The van der Waals surface area contributed by atoms with Crippen molar-refractivity contribution in [2.45, 2.75) is 31.5 Å². The van der Waals surface area contributed by atoms with Gasteiger partial charge in [-0.25, -0.2) is 9.37 Å². The van der Waals surface area contributed by atoms with E-state index in [2.05, 4.69) is 25.4 Å². The quantitative estimate of drug-likeness (QED) is 0.433. The third-order valence-corrected chi connectivity index (χ3v) is 8.62. The fourth-order valence-corrected chi connectivity index (χ4v) is 6.44. The van der Waals surface area contributed by atoms with E-state index in [0.29, 0.717) is 16.7 Å². The van der Waals surface area contributed by atoms with Crippen LogP contribution in [0.2, 0.25) is 0 Å². The van der Waals surface area contributed by atoms with Gasteiger partial charge in [0.05, 0.1) is 0 Å². The Morgan fingerprint density at radius 2 is 1.92 bits per heavy atom. The molecule has 204 valence electrons. The van der Waals surface area contributed by atoms with Crippen molar-refractivity contribution in [3.63, 3.8) is 0 Å². The SMILES string of the molecule is O=C(Nc1nccs1)C(c1cc(F)ccc1O)N1Cc2ccc(N3CCC(N4CCNCC4)CC3)cc2C1=O. The van der Waals surface area contributed by atoms with Gasteiger partial charge in [0.2, 0.25) is 0 Å². The maximum atomic E-state index is 14.2. The lowest BCUT2D eigenvalue weighted by Crippen LogP contribution is -2.52. The van der Waals surface area contributed by atoms with Gasteiger partial charge in [-0.1, -0.05) is 6.07 Å². The van der Waals surface area contributed by atoms with E-state index in [1.807, 2.05) is 18.2 Å². The minimum atomic E-state index is -1.23. The smallest absolute Gasteiger partial charge is 0.255 e. The van der Waals surface area contributed by atoms with Gasteiger partial charge in [-0.15, -0.1) is 11.3 Å². The molecule has 0 radical (unpaired) electrons. The van der Waals surface area contributed by atoms with Crippen LogP contribution >= 0.6 is 11.3 Å². The summed E-state index contributed by atoms with van der Waals surface area (Å²) in [5, 5.41) is 18.8. The zero-order valence-electron chi connectivity index (χ0n) is 21.5. The van der Waals surface area contributed by atoms with E-state index in [1.165, 1.54) is 22.3 Å². The summed E-state index contributed by atoms with van der Waals surface area (Å²) in [5.74, 6) is -1.76. The summed E-state index contributed by atoms with van der Waals surface area (Å²) in [5.41, 5.74) is 2.34. The number of hydrogen-bond donors (Lipinski definition) is 3. The number of benzene rings is 2. The molecular weight excluding hydrogens is 519 g/mol. The van der Waals surface area contributed by atoms with Crippen LogP contribution in [-0.4, -0.2) is 77.0 Å². The summed E-state index contributed by atoms with van der Waals surface area (Å²) in [6, 6.07) is 8.65. The molecule has 3 aliphatic rings. The summed E-state index contributed by atoms with van der Waals surface area (Å²) in [4.78, 5) is 37.6. The average molecular weight is 551 g/mol. The highest BCUT2D eigenvalue weighted by molar-refractivity contribution is 7.13. The largest absolute Gasteiger partial charge is 0.508 e. The van der Waals surface area contributed by atoms with Gasteiger partial charge in [-0.05, 0) is 48.7 Å². The molecule has 3 aromatic rings. The van der Waals surface area contributed by atoms with Crippen molar-refractivity contribution in [2.24, 2.45) is 0 Å². The molecule has 2 amide bonds. The fourth-order valence-electron chi connectivity index (χ4n) is 5.91. The van der Waals surface area contributed by atoms with E-state index in [9.17, 15) is 19.1 Å². The molecule has 3 N–H and O–H groups in total. The summed E-state index contributed by atoms with van der Waals surface area (Å²) in [7, 11) is 0. The number of rotatable bonds is 6. The maximum absolute atomic E-state index is 14.2. The number of thiazole rings is 1. The lowest BCUT2D eigenvalue weighted by molar-refractivity contribution is -0.120. The summed E-state index contributed by atoms with van der Waals surface area (Å²) in [6.45, 7) is 6.27. The normalized spacial score (nSPS) is 19.3. The predicted octanol–water partition coefficient (Wildman–Crippen LogP) is 3.20. The molecule has 1 aromatic heterocycles. The van der Waals surface area contributed by atoms with Crippen LogP contribution in [0.25, 0.3) is 0 Å². The number of nitrogens with one attached hydrogen (secondary N) is 2. The Morgan fingerprint density at radius 1 is 1.13 bits per heavy atom. The van der Waals surface area contributed by atoms with Crippen LogP contribution in [0.4, 0.5) is 15.2 Å². The molecule has 3 aliphatic heterocycles. The number of piperidine rings is 1. The minimum Gasteiger partial charge on any atom is -0.508 e. The molecule has 0 aliphatic carbocycles. The number of hydrogen-bond acceptors (Lipinski definition) is 8. The molecule has 6 rings (SSSR count). The predicted molar refractivity (Wildman–Crippen MR) is 148 cm³/mol. The molecule has 0 spiro atoms. The Bertz CT molecular complexity index is 1360. The Balaban J connectivity index is 1.22. The number of carbonyl (C=O) groups excluding carboxylic acids is 2. The summed E-state index contributed by atoms with van der Waals surface area (Å²) < 4.78 is 14.2. The molecule has 39 heavy (non-hydrogen) atoms. The Morgan fingerprint density at radius 3 is 2.67 bits per heavy atom. The Hall–Kier alpha value is -3.54. The number of piperazine rings is 1. The number of aromatic nitrogens is 1. The highest BCUT2D eigenvalue weighted by Crippen LogP contribution is 2.38. The van der Waals surface area contributed by atoms with Gasteiger partial charge in [-0.3, -0.25) is 19.8 Å². The third kappa shape index (κ3) is 5.21. The van der Waals surface area contributed by atoms with Crippen molar-refractivity contribution in [3.05, 3.63) is 70.5 Å². The number of amides is 2. The van der Waals surface area contributed by atoms with Crippen molar-refractivity contribution >= 4 is 34.0 Å². The highest BCUT2D eigenvalue weighted by atomic mass is 32.1. The molecule has 0 saturated carbocycles. The maximum Gasteiger partial charge on any atom is 0.255 e. The van der Waals surface area contributed by atoms with Crippen LogP contribution < -0.4 is 15.5 Å². The van der Waals surface area contributed by atoms with Gasteiger partial charge in [0.15, 0.2) is 5.13 Å². The number of phenolic OH excluding ortho intramolecular Hbond substituents is 1. The summed E-state index contributed by atoms with van der Waals surface area (Å²) >= 11 is 1.23. The molecule has 0 bridgehead atoms. The van der Waals surface area contributed by atoms with E-state index >= 15 is 0 Å². The van der Waals surface area contributed by atoms with Gasteiger partial charge in [0.25, 0.3) is 11.8 Å².